The number of rotatable bonds is 5. The van der Waals surface area contributed by atoms with Crippen molar-refractivity contribution in [2.24, 2.45) is 5.92 Å². The second kappa shape index (κ2) is 9.10. The molecule has 4 rings (SSSR count). The quantitative estimate of drug-likeness (QED) is 0.712. The van der Waals surface area contributed by atoms with Gasteiger partial charge in [0.15, 0.2) is 5.78 Å². The Morgan fingerprint density at radius 2 is 1.91 bits per heavy atom. The lowest BCUT2D eigenvalue weighted by molar-refractivity contribution is -0.117. The van der Waals surface area contributed by atoms with Crippen LogP contribution in [0.2, 0.25) is 0 Å². The summed E-state index contributed by atoms with van der Waals surface area (Å²) in [7, 11) is 3.17. The summed E-state index contributed by atoms with van der Waals surface area (Å²) in [6.07, 6.45) is 1.19. The Labute approximate surface area is 193 Å². The lowest BCUT2D eigenvalue weighted by Gasteiger charge is -2.36. The van der Waals surface area contributed by atoms with Crippen molar-refractivity contribution < 1.29 is 19.1 Å². The molecule has 0 spiro atoms. The second-order valence-corrected chi connectivity index (χ2v) is 8.65. The third-order valence-corrected chi connectivity index (χ3v) is 6.15. The molecule has 1 amide bonds. The van der Waals surface area contributed by atoms with E-state index in [-0.39, 0.29) is 17.6 Å². The van der Waals surface area contributed by atoms with Crippen LogP contribution in [0.1, 0.15) is 43.9 Å². The summed E-state index contributed by atoms with van der Waals surface area (Å²) in [6.45, 7) is 5.80. The number of nitrogens with zero attached hydrogens (tertiary/aromatic N) is 1. The van der Waals surface area contributed by atoms with Crippen LogP contribution in [0.25, 0.3) is 0 Å². The number of hydrogen-bond donors (Lipinski definition) is 2. The molecule has 0 saturated carbocycles. The van der Waals surface area contributed by atoms with Crippen LogP contribution in [0, 0.1) is 12.8 Å². The van der Waals surface area contributed by atoms with Crippen molar-refractivity contribution in [3.05, 3.63) is 70.2 Å². The van der Waals surface area contributed by atoms with Gasteiger partial charge in [-0.15, -0.1) is 0 Å². The number of methoxy groups -OCH3 is 2. The molecule has 1 aromatic carbocycles. The largest absolute Gasteiger partial charge is 0.497 e. The van der Waals surface area contributed by atoms with Crippen LogP contribution in [-0.4, -0.2) is 30.9 Å². The monoisotopic (exact) mass is 447 g/mol. The molecule has 0 radical (unpaired) electrons. The molecule has 2 aliphatic rings. The SMILES string of the molecule is COc1ccc(OC)c([C@@H]2C(C(=O)Nc3cccc(C)n3)=C(C)NC3=C2C(=O)C[C@@H](C)C3)c1. The van der Waals surface area contributed by atoms with Gasteiger partial charge in [-0.2, -0.15) is 0 Å². The Morgan fingerprint density at radius 3 is 2.61 bits per heavy atom. The molecule has 0 fully saturated rings. The molecule has 0 saturated heterocycles. The molecule has 2 atom stereocenters. The topological polar surface area (TPSA) is 89.6 Å². The van der Waals surface area contributed by atoms with Crippen molar-refractivity contribution in [1.29, 1.82) is 0 Å². The number of ketones is 1. The third kappa shape index (κ3) is 4.35. The van der Waals surface area contributed by atoms with Crippen molar-refractivity contribution in [1.82, 2.24) is 10.3 Å². The van der Waals surface area contributed by atoms with E-state index in [1.165, 1.54) is 0 Å². The summed E-state index contributed by atoms with van der Waals surface area (Å²) in [6, 6.07) is 10.9. The minimum Gasteiger partial charge on any atom is -0.497 e. The number of benzene rings is 1. The van der Waals surface area contributed by atoms with Gasteiger partial charge in [0.25, 0.3) is 5.91 Å². The van der Waals surface area contributed by atoms with Crippen LogP contribution in [0.15, 0.2) is 58.9 Å². The number of dihydropyridines is 1. The summed E-state index contributed by atoms with van der Waals surface area (Å²) in [4.78, 5) is 31.3. The molecule has 2 N–H and O–H groups in total. The number of aromatic nitrogens is 1. The Bertz CT molecular complexity index is 1180. The van der Waals surface area contributed by atoms with E-state index in [1.54, 1.807) is 32.4 Å². The van der Waals surface area contributed by atoms with Gasteiger partial charge in [0.05, 0.1) is 20.1 Å². The number of hydrogen-bond acceptors (Lipinski definition) is 6. The number of aryl methyl sites for hydroxylation is 1. The molecular formula is C26H29N3O4. The van der Waals surface area contributed by atoms with E-state index in [0.29, 0.717) is 40.6 Å². The van der Waals surface area contributed by atoms with Crippen molar-refractivity contribution >= 4 is 17.5 Å². The molecule has 1 aliphatic carbocycles. The highest BCUT2D eigenvalue weighted by Gasteiger charge is 2.41. The maximum absolute atomic E-state index is 13.6. The first-order valence-corrected chi connectivity index (χ1v) is 11.0. The molecular weight excluding hydrogens is 418 g/mol. The summed E-state index contributed by atoms with van der Waals surface area (Å²) in [5.41, 5.74) is 4.18. The minimum absolute atomic E-state index is 0.0394. The minimum atomic E-state index is -0.587. The summed E-state index contributed by atoms with van der Waals surface area (Å²) < 4.78 is 11.1. The van der Waals surface area contributed by atoms with Gasteiger partial charge in [0, 0.05) is 40.2 Å². The number of ether oxygens (including phenoxy) is 2. The number of nitrogens with one attached hydrogen (secondary N) is 2. The van der Waals surface area contributed by atoms with Gasteiger partial charge >= 0.3 is 0 Å². The van der Waals surface area contributed by atoms with Crippen LogP contribution in [-0.2, 0) is 9.59 Å². The zero-order valence-corrected chi connectivity index (χ0v) is 19.6. The zero-order valence-electron chi connectivity index (χ0n) is 19.6. The molecule has 172 valence electrons. The molecule has 2 heterocycles. The Morgan fingerprint density at radius 1 is 1.12 bits per heavy atom. The fourth-order valence-corrected chi connectivity index (χ4v) is 4.71. The fraction of sp³-hybridized carbons (Fsp3) is 0.346. The average Bonchev–Trinajstić information content (AvgIpc) is 2.77. The number of carbonyl (C=O) groups is 2. The second-order valence-electron chi connectivity index (χ2n) is 8.65. The number of anilines is 1. The Balaban J connectivity index is 1.87. The fourth-order valence-electron chi connectivity index (χ4n) is 4.71. The van der Waals surface area contributed by atoms with Gasteiger partial charge in [0.1, 0.15) is 17.3 Å². The summed E-state index contributed by atoms with van der Waals surface area (Å²) in [5, 5.41) is 6.27. The number of allylic oxidation sites excluding steroid dienone is 3. The zero-order chi connectivity index (χ0) is 23.7. The van der Waals surface area contributed by atoms with E-state index in [2.05, 4.69) is 22.5 Å². The number of pyridine rings is 1. The van der Waals surface area contributed by atoms with E-state index in [0.717, 1.165) is 23.4 Å². The van der Waals surface area contributed by atoms with Gasteiger partial charge in [0.2, 0.25) is 0 Å². The van der Waals surface area contributed by atoms with Gasteiger partial charge in [-0.3, -0.25) is 9.59 Å². The van der Waals surface area contributed by atoms with Gasteiger partial charge in [-0.1, -0.05) is 13.0 Å². The summed E-state index contributed by atoms with van der Waals surface area (Å²) >= 11 is 0. The molecule has 1 aliphatic heterocycles. The number of carbonyl (C=O) groups excluding carboxylic acids is 2. The summed E-state index contributed by atoms with van der Waals surface area (Å²) in [5.74, 6) is 1.05. The average molecular weight is 448 g/mol. The highest BCUT2D eigenvalue weighted by atomic mass is 16.5. The van der Waals surface area contributed by atoms with Crippen LogP contribution < -0.4 is 20.1 Å². The molecule has 0 bridgehead atoms. The van der Waals surface area contributed by atoms with Crippen LogP contribution >= 0.6 is 0 Å². The van der Waals surface area contributed by atoms with Gasteiger partial charge in [-0.25, -0.2) is 4.98 Å². The van der Waals surface area contributed by atoms with Crippen molar-refractivity contribution in [2.75, 3.05) is 19.5 Å². The molecule has 1 aromatic heterocycles. The van der Waals surface area contributed by atoms with Crippen LogP contribution in [0.3, 0.4) is 0 Å². The standard InChI is InChI=1S/C26H29N3O4/c1-14-11-19-25(20(30)12-14)24(18-13-17(32-4)9-10-21(18)33-5)23(16(3)28-19)26(31)29-22-8-6-7-15(2)27-22/h6-10,13-14,24,28H,11-12H2,1-5H3,(H,27,29,31)/t14-,24+/m0/s1. The van der Waals surface area contributed by atoms with Crippen LogP contribution in [0.5, 0.6) is 11.5 Å². The van der Waals surface area contributed by atoms with Crippen LogP contribution in [0.4, 0.5) is 5.82 Å². The number of Topliss-reactive ketones (excluding diaryl/α,β-unsaturated/α-hetero) is 1. The van der Waals surface area contributed by atoms with E-state index < -0.39 is 5.92 Å². The maximum Gasteiger partial charge on any atom is 0.255 e. The first kappa shape index (κ1) is 22.6. The normalized spacial score (nSPS) is 20.2. The van der Waals surface area contributed by atoms with E-state index in [1.807, 2.05) is 32.0 Å². The van der Waals surface area contributed by atoms with Gasteiger partial charge in [-0.05, 0) is 56.5 Å². The smallest absolute Gasteiger partial charge is 0.255 e. The highest BCUT2D eigenvalue weighted by molar-refractivity contribution is 6.09. The first-order valence-electron chi connectivity index (χ1n) is 11.0. The molecule has 7 heteroatoms. The van der Waals surface area contributed by atoms with Crippen molar-refractivity contribution in [3.63, 3.8) is 0 Å². The first-order chi connectivity index (χ1) is 15.8. The maximum atomic E-state index is 13.6. The van der Waals surface area contributed by atoms with Crippen molar-refractivity contribution in [2.45, 2.75) is 39.5 Å². The third-order valence-electron chi connectivity index (χ3n) is 6.15. The molecule has 2 aromatic rings. The predicted molar refractivity (Wildman–Crippen MR) is 126 cm³/mol. The lowest BCUT2D eigenvalue weighted by Crippen LogP contribution is -2.37. The van der Waals surface area contributed by atoms with Crippen molar-refractivity contribution in [3.8, 4) is 11.5 Å². The predicted octanol–water partition coefficient (Wildman–Crippen LogP) is 4.26. The molecule has 7 nitrogen and oxygen atoms in total. The number of amides is 1. The Hall–Kier alpha value is -3.61. The molecule has 0 unspecified atom stereocenters. The van der Waals surface area contributed by atoms with E-state index in [4.69, 9.17) is 9.47 Å². The Kier molecular flexibility index (Phi) is 6.22. The molecule has 33 heavy (non-hydrogen) atoms. The van der Waals surface area contributed by atoms with E-state index in [9.17, 15) is 9.59 Å². The highest BCUT2D eigenvalue weighted by Crippen LogP contribution is 2.46. The van der Waals surface area contributed by atoms with E-state index >= 15 is 0 Å². The lowest BCUT2D eigenvalue weighted by atomic mass is 9.72. The van der Waals surface area contributed by atoms with Gasteiger partial charge < -0.3 is 20.1 Å².